The van der Waals surface area contributed by atoms with Crippen molar-refractivity contribution in [3.8, 4) is 0 Å². The van der Waals surface area contributed by atoms with Crippen molar-refractivity contribution in [3.05, 3.63) is 29.8 Å². The van der Waals surface area contributed by atoms with E-state index in [0.29, 0.717) is 11.3 Å². The number of anilines is 1. The molecule has 23 heavy (non-hydrogen) atoms. The quantitative estimate of drug-likeness (QED) is 0.827. The third-order valence-electron chi connectivity index (χ3n) is 3.65. The summed E-state index contributed by atoms with van der Waals surface area (Å²) in [5, 5.41) is 4.91. The van der Waals surface area contributed by atoms with Crippen LogP contribution in [0.1, 0.15) is 19.4 Å². The number of benzene rings is 1. The number of carbonyl (C=O) groups is 2. The largest absolute Gasteiger partial charge is 0.450 e. The summed E-state index contributed by atoms with van der Waals surface area (Å²) >= 11 is 0. The second-order valence-corrected chi connectivity index (χ2v) is 4.94. The molecule has 0 saturated heterocycles. The number of rotatable bonds is 2. The van der Waals surface area contributed by atoms with Crippen LogP contribution in [-0.4, -0.2) is 43.4 Å². The summed E-state index contributed by atoms with van der Waals surface area (Å²) < 4.78 is 16.0. The summed E-state index contributed by atoms with van der Waals surface area (Å²) in [5.74, 6) is -0.440. The Hall–Kier alpha value is -2.77. The summed E-state index contributed by atoms with van der Waals surface area (Å²) in [7, 11) is 1.61. The predicted molar refractivity (Wildman–Crippen MR) is 80.5 cm³/mol. The average molecular weight is 319 g/mol. The number of amides is 2. The second-order valence-electron chi connectivity index (χ2n) is 4.94. The molecule has 0 bridgehead atoms. The third-order valence-corrected chi connectivity index (χ3v) is 3.65. The maximum Gasteiger partial charge on any atom is 0.434 e. The van der Waals surface area contributed by atoms with E-state index < -0.39 is 17.7 Å². The summed E-state index contributed by atoms with van der Waals surface area (Å²) in [5.41, 5.74) is -0.569. The molecule has 1 aromatic carbocycles. The fourth-order valence-electron chi connectivity index (χ4n) is 2.69. The van der Waals surface area contributed by atoms with Crippen molar-refractivity contribution in [1.82, 2.24) is 5.01 Å². The van der Waals surface area contributed by atoms with Crippen LogP contribution in [0.15, 0.2) is 29.4 Å². The van der Waals surface area contributed by atoms with Gasteiger partial charge in [0.15, 0.2) is 0 Å². The van der Waals surface area contributed by atoms with E-state index in [0.717, 1.165) is 5.01 Å². The van der Waals surface area contributed by atoms with Gasteiger partial charge in [0.25, 0.3) is 5.91 Å². The highest BCUT2D eigenvalue weighted by Crippen LogP contribution is 2.47. The first-order valence-corrected chi connectivity index (χ1v) is 7.31. The van der Waals surface area contributed by atoms with Crippen LogP contribution < -0.4 is 4.90 Å². The molecular formula is C15H17N3O5. The minimum absolute atomic E-state index is 0.140. The first-order valence-electron chi connectivity index (χ1n) is 7.31. The van der Waals surface area contributed by atoms with Crippen LogP contribution in [0.4, 0.5) is 10.5 Å². The maximum absolute atomic E-state index is 12.9. The van der Waals surface area contributed by atoms with Crippen molar-refractivity contribution < 1.29 is 23.8 Å². The molecule has 2 aliphatic rings. The molecule has 1 spiro atoms. The van der Waals surface area contributed by atoms with E-state index in [1.807, 2.05) is 0 Å². The molecule has 0 aromatic heterocycles. The number of ether oxygens (including phenoxy) is 3. The molecule has 8 nitrogen and oxygen atoms in total. The van der Waals surface area contributed by atoms with Gasteiger partial charge in [-0.15, -0.1) is 5.01 Å². The minimum Gasteiger partial charge on any atom is -0.450 e. The summed E-state index contributed by atoms with van der Waals surface area (Å²) in [6.45, 7) is 3.86. The number of nitrogens with zero attached hydrogens (tertiary/aromatic N) is 3. The molecule has 2 amide bonds. The zero-order valence-corrected chi connectivity index (χ0v) is 13.1. The standard InChI is InChI=1S/C15H17N3O5/c1-4-21-13-16-18(14(20)22-5-2)15(23-13)10-8-6-7-9-11(10)17(3)12(15)19/h6-9H,4-5H2,1-3H3. The van der Waals surface area contributed by atoms with E-state index in [9.17, 15) is 9.59 Å². The highest BCUT2D eigenvalue weighted by molar-refractivity contribution is 6.09. The van der Waals surface area contributed by atoms with Crippen molar-refractivity contribution >= 4 is 23.8 Å². The van der Waals surface area contributed by atoms with Gasteiger partial charge in [-0.2, -0.15) is 0 Å². The number of carbonyl (C=O) groups excluding carboxylic acids is 2. The van der Waals surface area contributed by atoms with Crippen LogP contribution >= 0.6 is 0 Å². The van der Waals surface area contributed by atoms with Gasteiger partial charge in [-0.05, 0) is 19.9 Å². The van der Waals surface area contributed by atoms with Crippen LogP contribution in [0.2, 0.25) is 0 Å². The molecule has 0 saturated carbocycles. The Bertz CT molecular complexity index is 689. The number of hydrogen-bond donors (Lipinski definition) is 0. The molecule has 0 aliphatic carbocycles. The van der Waals surface area contributed by atoms with Gasteiger partial charge < -0.3 is 19.1 Å². The Balaban J connectivity index is 2.12. The van der Waals surface area contributed by atoms with Crippen molar-refractivity contribution in [2.45, 2.75) is 19.6 Å². The van der Waals surface area contributed by atoms with E-state index in [-0.39, 0.29) is 19.3 Å². The normalized spacial score (nSPS) is 22.0. The molecule has 122 valence electrons. The molecule has 3 rings (SSSR count). The zero-order valence-electron chi connectivity index (χ0n) is 13.1. The van der Waals surface area contributed by atoms with Gasteiger partial charge in [0.1, 0.15) is 0 Å². The lowest BCUT2D eigenvalue weighted by atomic mass is 10.0. The van der Waals surface area contributed by atoms with Gasteiger partial charge in [-0.3, -0.25) is 4.79 Å². The highest BCUT2D eigenvalue weighted by atomic mass is 16.7. The topological polar surface area (TPSA) is 80.7 Å². The molecule has 0 N–H and O–H groups in total. The molecule has 2 aliphatic heterocycles. The number of para-hydroxylation sites is 1. The van der Waals surface area contributed by atoms with Crippen molar-refractivity contribution in [2.75, 3.05) is 25.2 Å². The maximum atomic E-state index is 12.9. The van der Waals surface area contributed by atoms with E-state index in [4.69, 9.17) is 14.2 Å². The molecule has 1 atom stereocenters. The van der Waals surface area contributed by atoms with Crippen LogP contribution in [0.25, 0.3) is 0 Å². The lowest BCUT2D eigenvalue weighted by molar-refractivity contribution is -0.148. The second kappa shape index (κ2) is 5.45. The van der Waals surface area contributed by atoms with Crippen molar-refractivity contribution in [1.29, 1.82) is 0 Å². The SMILES string of the molecule is CCOC(=O)N1N=C(OCC)OC12C(=O)N(C)c1ccccc12. The molecular weight excluding hydrogens is 302 g/mol. The highest BCUT2D eigenvalue weighted by Gasteiger charge is 2.63. The third kappa shape index (κ3) is 2.01. The Kier molecular flexibility index (Phi) is 3.59. The van der Waals surface area contributed by atoms with Crippen LogP contribution in [0.3, 0.4) is 0 Å². The Labute approximate surface area is 133 Å². The molecule has 2 heterocycles. The number of hydrazone groups is 1. The van der Waals surface area contributed by atoms with Gasteiger partial charge in [-0.25, -0.2) is 4.79 Å². The van der Waals surface area contributed by atoms with Crippen LogP contribution in [0, 0.1) is 0 Å². The Morgan fingerprint density at radius 2 is 2.04 bits per heavy atom. The molecule has 1 unspecified atom stereocenters. The summed E-state index contributed by atoms with van der Waals surface area (Å²) in [6.07, 6.45) is -0.917. The smallest absolute Gasteiger partial charge is 0.434 e. The fraction of sp³-hybridized carbons (Fsp3) is 0.400. The monoisotopic (exact) mass is 319 g/mol. The summed E-state index contributed by atoms with van der Waals surface area (Å²) in [6, 6.07) is 7.05. The lowest BCUT2D eigenvalue weighted by Crippen LogP contribution is -2.51. The van der Waals surface area contributed by atoms with Gasteiger partial charge in [0.2, 0.25) is 0 Å². The molecule has 8 heteroatoms. The van der Waals surface area contributed by atoms with E-state index in [1.165, 1.54) is 4.90 Å². The predicted octanol–water partition coefficient (Wildman–Crippen LogP) is 1.61. The van der Waals surface area contributed by atoms with Gasteiger partial charge in [0.05, 0.1) is 24.5 Å². The fourth-order valence-corrected chi connectivity index (χ4v) is 2.69. The van der Waals surface area contributed by atoms with Crippen molar-refractivity contribution in [3.63, 3.8) is 0 Å². The molecule has 0 radical (unpaired) electrons. The van der Waals surface area contributed by atoms with Gasteiger partial charge >= 0.3 is 17.9 Å². The molecule has 1 aromatic rings. The first-order chi connectivity index (χ1) is 11.1. The number of hydrogen-bond acceptors (Lipinski definition) is 6. The summed E-state index contributed by atoms with van der Waals surface area (Å²) in [4.78, 5) is 26.6. The number of fused-ring (bicyclic) bond motifs is 2. The number of likely N-dealkylation sites (N-methyl/N-ethyl adjacent to an activating group) is 1. The van der Waals surface area contributed by atoms with Gasteiger partial charge in [0, 0.05) is 7.05 Å². The average Bonchev–Trinajstić information content (AvgIpc) is 3.03. The lowest BCUT2D eigenvalue weighted by Gasteiger charge is -2.28. The van der Waals surface area contributed by atoms with E-state index in [1.54, 1.807) is 45.2 Å². The minimum atomic E-state index is -1.72. The van der Waals surface area contributed by atoms with Crippen LogP contribution in [-0.2, 0) is 24.7 Å². The Morgan fingerprint density at radius 3 is 2.74 bits per heavy atom. The van der Waals surface area contributed by atoms with Crippen LogP contribution in [0.5, 0.6) is 0 Å². The van der Waals surface area contributed by atoms with Gasteiger partial charge in [-0.1, -0.05) is 23.3 Å². The van der Waals surface area contributed by atoms with E-state index >= 15 is 0 Å². The molecule has 0 fully saturated rings. The van der Waals surface area contributed by atoms with Crippen molar-refractivity contribution in [2.24, 2.45) is 5.10 Å². The first kappa shape index (κ1) is 15.1. The Morgan fingerprint density at radius 1 is 1.30 bits per heavy atom. The zero-order chi connectivity index (χ0) is 16.6. The van der Waals surface area contributed by atoms with E-state index in [2.05, 4.69) is 5.10 Å².